The van der Waals surface area contributed by atoms with Crippen molar-refractivity contribution in [2.75, 3.05) is 6.54 Å². The molecule has 0 fully saturated rings. The average Bonchev–Trinajstić information content (AvgIpc) is 2.11. The molecule has 0 aliphatic heterocycles. The summed E-state index contributed by atoms with van der Waals surface area (Å²) in [5.74, 6) is -15.3. The van der Waals surface area contributed by atoms with Gasteiger partial charge in [0.15, 0.2) is 0 Å². The quantitative estimate of drug-likeness (QED) is 0.610. The molecule has 92 valence electrons. The van der Waals surface area contributed by atoms with E-state index in [9.17, 15) is 35.5 Å². The Morgan fingerprint density at radius 3 is 1.88 bits per heavy atom. The van der Waals surface area contributed by atoms with Crippen molar-refractivity contribution in [1.82, 2.24) is 5.32 Å². The number of nitriles is 1. The third kappa shape index (κ3) is 2.34. The van der Waals surface area contributed by atoms with Gasteiger partial charge in [-0.2, -0.15) is 36.0 Å². The monoisotopic (exact) mass is 252 g/mol. The molecule has 0 aromatic carbocycles. The molecule has 16 heavy (non-hydrogen) atoms. The maximum atomic E-state index is 12.4. The fourth-order valence-electron chi connectivity index (χ4n) is 0.551. The maximum absolute atomic E-state index is 12.4. The molecule has 0 aromatic rings. The van der Waals surface area contributed by atoms with Gasteiger partial charge < -0.3 is 5.32 Å². The summed E-state index contributed by atoms with van der Waals surface area (Å²) in [6, 6.07) is 1.07. The summed E-state index contributed by atoms with van der Waals surface area (Å²) in [6.45, 7) is -1.11. The number of amides is 1. The Morgan fingerprint density at radius 2 is 1.56 bits per heavy atom. The number of halogens is 7. The molecule has 0 aliphatic rings. The first-order valence-corrected chi connectivity index (χ1v) is 3.46. The van der Waals surface area contributed by atoms with Crippen LogP contribution in [-0.2, 0) is 4.79 Å². The topological polar surface area (TPSA) is 52.9 Å². The Balaban J connectivity index is 5.06. The number of carbonyl (C=O) groups excluding carboxylic acids is 1. The summed E-state index contributed by atoms with van der Waals surface area (Å²) in [7, 11) is 0. The normalized spacial score (nSPS) is 13.1. The summed E-state index contributed by atoms with van der Waals surface area (Å²) in [5, 5.41) is 8.74. The number of alkyl halides is 7. The van der Waals surface area contributed by atoms with E-state index in [0.717, 1.165) is 11.4 Å². The molecule has 0 aliphatic carbocycles. The lowest BCUT2D eigenvalue weighted by Gasteiger charge is -2.26. The Labute approximate surface area is 83.8 Å². The van der Waals surface area contributed by atoms with Crippen LogP contribution in [0.5, 0.6) is 0 Å². The number of carbonyl (C=O) groups is 1. The minimum Gasteiger partial charge on any atom is -0.338 e. The highest BCUT2D eigenvalue weighted by Crippen LogP contribution is 2.46. The van der Waals surface area contributed by atoms with Gasteiger partial charge in [0.2, 0.25) is 0 Å². The van der Waals surface area contributed by atoms with Gasteiger partial charge in [-0.1, -0.05) is 0 Å². The highest BCUT2D eigenvalue weighted by Gasteiger charge is 2.76. The molecular weight excluding hydrogens is 249 g/mol. The minimum atomic E-state index is -6.57. The van der Waals surface area contributed by atoms with Gasteiger partial charge in [0.25, 0.3) is 5.91 Å². The van der Waals surface area contributed by atoms with Crippen LogP contribution in [-0.4, -0.2) is 30.5 Å². The van der Waals surface area contributed by atoms with E-state index in [0.29, 0.717) is 0 Å². The molecule has 1 N–H and O–H groups in total. The van der Waals surface area contributed by atoms with Gasteiger partial charge in [-0.25, -0.2) is 0 Å². The van der Waals surface area contributed by atoms with Crippen LogP contribution in [0.25, 0.3) is 0 Å². The van der Waals surface area contributed by atoms with Gasteiger partial charge in [-0.3, -0.25) is 4.79 Å². The molecule has 0 heterocycles. The van der Waals surface area contributed by atoms with Crippen molar-refractivity contribution in [2.24, 2.45) is 0 Å². The van der Waals surface area contributed by atoms with E-state index < -0.39 is 30.5 Å². The summed E-state index contributed by atoms with van der Waals surface area (Å²) >= 11 is 0. The lowest BCUT2D eigenvalue weighted by atomic mass is 10.1. The Hall–Kier alpha value is -1.53. The molecular formula is C6H3F7N2O. The standard InChI is InChI=1S/C6H3F7N2O/c7-4(8,3(16)15-2-1-14)5(9,10)6(11,12)13/h2H2,(H,15,16). The fourth-order valence-corrected chi connectivity index (χ4v) is 0.551. The van der Waals surface area contributed by atoms with Crippen molar-refractivity contribution < 1.29 is 35.5 Å². The van der Waals surface area contributed by atoms with Crippen molar-refractivity contribution in [3.63, 3.8) is 0 Å². The van der Waals surface area contributed by atoms with Crippen LogP contribution in [0, 0.1) is 11.3 Å². The molecule has 0 spiro atoms. The molecule has 0 aromatic heterocycles. The molecule has 10 heteroatoms. The van der Waals surface area contributed by atoms with E-state index in [1.807, 2.05) is 0 Å². The Kier molecular flexibility index (Phi) is 3.75. The minimum absolute atomic E-state index is 0.921. The number of nitrogens with one attached hydrogen (secondary N) is 1. The number of rotatable bonds is 3. The van der Waals surface area contributed by atoms with E-state index >= 15 is 0 Å². The second kappa shape index (κ2) is 4.15. The zero-order valence-corrected chi connectivity index (χ0v) is 7.21. The van der Waals surface area contributed by atoms with Crippen LogP contribution in [0.4, 0.5) is 30.7 Å². The van der Waals surface area contributed by atoms with E-state index in [1.165, 1.54) is 0 Å². The highest BCUT2D eigenvalue weighted by atomic mass is 19.4. The summed E-state index contributed by atoms with van der Waals surface area (Å²) in [6.07, 6.45) is -6.57. The SMILES string of the molecule is N#CCNC(=O)C(F)(F)C(F)(F)C(F)(F)F. The summed E-state index contributed by atoms with van der Waals surface area (Å²) in [5.41, 5.74) is 0. The largest absolute Gasteiger partial charge is 0.460 e. The molecule has 0 radical (unpaired) electrons. The summed E-state index contributed by atoms with van der Waals surface area (Å²) in [4.78, 5) is 10.3. The van der Waals surface area contributed by atoms with Gasteiger partial charge in [0.1, 0.15) is 6.54 Å². The maximum Gasteiger partial charge on any atom is 0.460 e. The summed E-state index contributed by atoms with van der Waals surface area (Å²) < 4.78 is 83.8. The molecule has 0 saturated heterocycles. The van der Waals surface area contributed by atoms with Crippen LogP contribution in [0.3, 0.4) is 0 Å². The first-order valence-electron chi connectivity index (χ1n) is 3.46. The van der Waals surface area contributed by atoms with Crippen LogP contribution in [0.2, 0.25) is 0 Å². The van der Waals surface area contributed by atoms with Crippen LogP contribution < -0.4 is 5.32 Å². The van der Waals surface area contributed by atoms with Gasteiger partial charge >= 0.3 is 18.0 Å². The van der Waals surface area contributed by atoms with Gasteiger partial charge in [0.05, 0.1) is 6.07 Å². The second-order valence-corrected chi connectivity index (χ2v) is 2.49. The van der Waals surface area contributed by atoms with Crippen molar-refractivity contribution in [2.45, 2.75) is 18.0 Å². The Morgan fingerprint density at radius 1 is 1.12 bits per heavy atom. The molecule has 0 atom stereocenters. The Bertz CT molecular complexity index is 316. The predicted octanol–water partition coefficient (Wildman–Crippen LogP) is 1.46. The fraction of sp³-hybridized carbons (Fsp3) is 0.667. The van der Waals surface area contributed by atoms with Crippen molar-refractivity contribution in [1.29, 1.82) is 5.26 Å². The van der Waals surface area contributed by atoms with Gasteiger partial charge in [0, 0.05) is 0 Å². The average molecular weight is 252 g/mol. The van der Waals surface area contributed by atoms with Gasteiger partial charge in [-0.05, 0) is 0 Å². The van der Waals surface area contributed by atoms with E-state index in [2.05, 4.69) is 0 Å². The van der Waals surface area contributed by atoms with Crippen molar-refractivity contribution in [3.05, 3.63) is 0 Å². The van der Waals surface area contributed by atoms with Crippen LogP contribution >= 0.6 is 0 Å². The smallest absolute Gasteiger partial charge is 0.338 e. The zero-order chi connectivity index (χ0) is 13.2. The van der Waals surface area contributed by atoms with Crippen LogP contribution in [0.1, 0.15) is 0 Å². The molecule has 0 saturated carbocycles. The van der Waals surface area contributed by atoms with E-state index in [4.69, 9.17) is 5.26 Å². The van der Waals surface area contributed by atoms with Crippen molar-refractivity contribution in [3.8, 4) is 6.07 Å². The number of nitrogens with zero attached hydrogens (tertiary/aromatic N) is 1. The van der Waals surface area contributed by atoms with E-state index in [-0.39, 0.29) is 0 Å². The molecule has 0 unspecified atom stereocenters. The molecule has 0 rings (SSSR count). The van der Waals surface area contributed by atoms with Crippen molar-refractivity contribution >= 4 is 5.91 Å². The lowest BCUT2D eigenvalue weighted by molar-refractivity contribution is -0.344. The van der Waals surface area contributed by atoms with Gasteiger partial charge in [-0.15, -0.1) is 0 Å². The predicted molar refractivity (Wildman–Crippen MR) is 34.6 cm³/mol. The molecule has 3 nitrogen and oxygen atoms in total. The number of hydrogen-bond donors (Lipinski definition) is 1. The third-order valence-electron chi connectivity index (χ3n) is 1.36. The lowest BCUT2D eigenvalue weighted by Crippen LogP contribution is -2.59. The first kappa shape index (κ1) is 14.5. The number of hydrogen-bond acceptors (Lipinski definition) is 2. The third-order valence-corrected chi connectivity index (χ3v) is 1.36. The highest BCUT2D eigenvalue weighted by molar-refractivity contribution is 5.84. The van der Waals surface area contributed by atoms with Crippen LogP contribution in [0.15, 0.2) is 0 Å². The molecule has 1 amide bonds. The molecule has 0 bridgehead atoms. The zero-order valence-electron chi connectivity index (χ0n) is 7.21. The first-order chi connectivity index (χ1) is 6.98. The van der Waals surface area contributed by atoms with E-state index in [1.54, 1.807) is 0 Å². The second-order valence-electron chi connectivity index (χ2n) is 2.49.